The summed E-state index contributed by atoms with van der Waals surface area (Å²) in [4.78, 5) is 18.0. The zero-order valence-corrected chi connectivity index (χ0v) is 18.5. The van der Waals surface area contributed by atoms with E-state index in [0.29, 0.717) is 29.0 Å². The number of sulfone groups is 1. The van der Waals surface area contributed by atoms with Crippen molar-refractivity contribution in [3.8, 4) is 0 Å². The molecule has 2 aliphatic rings. The van der Waals surface area contributed by atoms with E-state index in [9.17, 15) is 26.4 Å². The Hall–Kier alpha value is -2.39. The van der Waals surface area contributed by atoms with Crippen LogP contribution in [0, 0.1) is 5.92 Å². The number of carbonyl (C=O) groups excluding carboxylic acids is 1. The van der Waals surface area contributed by atoms with Crippen LogP contribution in [0.15, 0.2) is 63.7 Å². The molecule has 0 radical (unpaired) electrons. The fourth-order valence-electron chi connectivity index (χ4n) is 3.77. The van der Waals surface area contributed by atoms with Crippen molar-refractivity contribution in [3.63, 3.8) is 0 Å². The predicted molar refractivity (Wildman–Crippen MR) is 109 cm³/mol. The van der Waals surface area contributed by atoms with Crippen LogP contribution in [-0.2, 0) is 26.0 Å². The third-order valence-corrected chi connectivity index (χ3v) is 7.26. The lowest BCUT2D eigenvalue weighted by Crippen LogP contribution is -2.31. The van der Waals surface area contributed by atoms with Gasteiger partial charge < -0.3 is 0 Å². The molecule has 0 saturated carbocycles. The lowest BCUT2D eigenvalue weighted by Gasteiger charge is -2.23. The van der Waals surface area contributed by atoms with Crippen LogP contribution in [0.5, 0.6) is 0 Å². The molecular weight excluding hydrogens is 431 g/mol. The highest BCUT2D eigenvalue weighted by atomic mass is 32.2. The molecule has 9 heteroatoms. The molecule has 2 unspecified atom stereocenters. The molecule has 5 nitrogen and oxygen atoms in total. The maximum atomic E-state index is 13.3. The lowest BCUT2D eigenvalue weighted by atomic mass is 9.84. The molecular formula is C22H24F3NO4S. The molecule has 0 aromatic heterocycles. The molecule has 2 atom stereocenters. The van der Waals surface area contributed by atoms with Gasteiger partial charge in [0.15, 0.2) is 15.6 Å². The van der Waals surface area contributed by atoms with E-state index in [4.69, 9.17) is 4.84 Å². The summed E-state index contributed by atoms with van der Waals surface area (Å²) in [5.41, 5.74) is 2.86. The molecule has 168 valence electrons. The van der Waals surface area contributed by atoms with E-state index in [1.54, 1.807) is 44.9 Å². The van der Waals surface area contributed by atoms with Crippen LogP contribution in [-0.4, -0.2) is 37.3 Å². The second-order valence-electron chi connectivity index (χ2n) is 7.66. The summed E-state index contributed by atoms with van der Waals surface area (Å²) in [6.45, 7) is 6.97. The van der Waals surface area contributed by atoms with Gasteiger partial charge in [0.25, 0.3) is 0 Å². The fraction of sp³-hybridized carbons (Fsp3) is 0.409. The molecule has 0 saturated heterocycles. The average Bonchev–Trinajstić information content (AvgIpc) is 2.95. The van der Waals surface area contributed by atoms with Crippen molar-refractivity contribution in [1.82, 2.24) is 5.06 Å². The van der Waals surface area contributed by atoms with Gasteiger partial charge in [0.05, 0.1) is 17.2 Å². The Morgan fingerprint density at radius 2 is 1.74 bits per heavy atom. The van der Waals surface area contributed by atoms with Crippen molar-refractivity contribution in [1.29, 1.82) is 0 Å². The first-order valence-corrected chi connectivity index (χ1v) is 11.5. The van der Waals surface area contributed by atoms with Crippen molar-refractivity contribution in [2.75, 3.05) is 5.75 Å². The molecule has 1 aliphatic heterocycles. The van der Waals surface area contributed by atoms with E-state index in [1.165, 1.54) is 12.1 Å². The predicted octanol–water partition coefficient (Wildman–Crippen LogP) is 4.52. The SMILES string of the molecule is CCS(=O)(=O)c1ccc(CN2OC(C)C(C3=CC(C(F)(F)F)C(=O)C=C3C)=C2C)cc1. The van der Waals surface area contributed by atoms with Gasteiger partial charge in [-0.15, -0.1) is 0 Å². The van der Waals surface area contributed by atoms with Gasteiger partial charge in [-0.3, -0.25) is 14.7 Å². The van der Waals surface area contributed by atoms with Gasteiger partial charge in [0.2, 0.25) is 0 Å². The molecule has 3 rings (SSSR count). The van der Waals surface area contributed by atoms with E-state index in [2.05, 4.69) is 0 Å². The first-order chi connectivity index (χ1) is 14.3. The Morgan fingerprint density at radius 1 is 1.13 bits per heavy atom. The molecule has 1 aliphatic carbocycles. The first kappa shape index (κ1) is 23.3. The van der Waals surface area contributed by atoms with Crippen molar-refractivity contribution >= 4 is 15.6 Å². The Kier molecular flexibility index (Phi) is 6.21. The highest BCUT2D eigenvalue weighted by molar-refractivity contribution is 7.91. The molecule has 31 heavy (non-hydrogen) atoms. The molecule has 0 N–H and O–H groups in total. The van der Waals surface area contributed by atoms with E-state index in [0.717, 1.165) is 17.7 Å². The average molecular weight is 455 g/mol. The number of hydroxylamine groups is 2. The monoisotopic (exact) mass is 455 g/mol. The van der Waals surface area contributed by atoms with Crippen LogP contribution in [0.25, 0.3) is 0 Å². The summed E-state index contributed by atoms with van der Waals surface area (Å²) < 4.78 is 63.8. The number of carbonyl (C=O) groups is 1. The molecule has 1 aromatic rings. The maximum absolute atomic E-state index is 13.3. The third kappa shape index (κ3) is 4.62. The van der Waals surface area contributed by atoms with Crippen molar-refractivity contribution in [2.24, 2.45) is 5.92 Å². The topological polar surface area (TPSA) is 63.7 Å². The van der Waals surface area contributed by atoms with Gasteiger partial charge in [-0.1, -0.05) is 25.1 Å². The normalized spacial score (nSPS) is 22.7. The number of rotatable bonds is 5. The number of ketones is 1. The molecule has 0 bridgehead atoms. The Balaban J connectivity index is 1.89. The maximum Gasteiger partial charge on any atom is 0.402 e. The number of allylic oxidation sites excluding steroid dienone is 4. The number of halogens is 3. The summed E-state index contributed by atoms with van der Waals surface area (Å²) >= 11 is 0. The van der Waals surface area contributed by atoms with E-state index < -0.39 is 33.8 Å². The van der Waals surface area contributed by atoms with Crippen LogP contribution in [0.3, 0.4) is 0 Å². The summed E-state index contributed by atoms with van der Waals surface area (Å²) in [5, 5.41) is 1.58. The van der Waals surface area contributed by atoms with Crippen LogP contribution in [0.1, 0.15) is 33.3 Å². The van der Waals surface area contributed by atoms with Gasteiger partial charge in [0, 0.05) is 11.3 Å². The summed E-state index contributed by atoms with van der Waals surface area (Å²) in [5.74, 6) is -3.13. The Morgan fingerprint density at radius 3 is 2.29 bits per heavy atom. The van der Waals surface area contributed by atoms with E-state index >= 15 is 0 Å². The van der Waals surface area contributed by atoms with Gasteiger partial charge in [0.1, 0.15) is 12.0 Å². The molecule has 0 fully saturated rings. The van der Waals surface area contributed by atoms with Crippen LogP contribution >= 0.6 is 0 Å². The smallest absolute Gasteiger partial charge is 0.294 e. The van der Waals surface area contributed by atoms with Crippen LogP contribution in [0.2, 0.25) is 0 Å². The lowest BCUT2D eigenvalue weighted by molar-refractivity contribution is -0.168. The minimum atomic E-state index is -4.66. The van der Waals surface area contributed by atoms with Gasteiger partial charge >= 0.3 is 6.18 Å². The summed E-state index contributed by atoms with van der Waals surface area (Å²) in [7, 11) is -3.30. The second-order valence-corrected chi connectivity index (χ2v) is 9.94. The first-order valence-electron chi connectivity index (χ1n) is 9.83. The van der Waals surface area contributed by atoms with Gasteiger partial charge in [-0.25, -0.2) is 8.42 Å². The molecule has 1 heterocycles. The van der Waals surface area contributed by atoms with Crippen molar-refractivity contribution in [2.45, 2.75) is 51.4 Å². The quantitative estimate of drug-likeness (QED) is 0.653. The Bertz CT molecular complexity index is 1080. The molecule has 0 spiro atoms. The molecule has 1 aromatic carbocycles. The van der Waals surface area contributed by atoms with Gasteiger partial charge in [-0.05, 0) is 55.7 Å². The number of benzene rings is 1. The summed E-state index contributed by atoms with van der Waals surface area (Å²) in [6.07, 6.45) is -3.14. The van der Waals surface area contributed by atoms with E-state index in [-0.39, 0.29) is 10.6 Å². The second kappa shape index (κ2) is 8.27. The number of hydrogen-bond acceptors (Lipinski definition) is 5. The molecule has 0 amide bonds. The minimum absolute atomic E-state index is 0.00765. The summed E-state index contributed by atoms with van der Waals surface area (Å²) in [6, 6.07) is 6.43. The largest absolute Gasteiger partial charge is 0.402 e. The van der Waals surface area contributed by atoms with Crippen molar-refractivity contribution < 1.29 is 31.2 Å². The Labute approximate surface area is 179 Å². The number of alkyl halides is 3. The zero-order chi connectivity index (χ0) is 23.1. The zero-order valence-electron chi connectivity index (χ0n) is 17.7. The van der Waals surface area contributed by atoms with E-state index in [1.807, 2.05) is 0 Å². The minimum Gasteiger partial charge on any atom is -0.294 e. The third-order valence-electron chi connectivity index (χ3n) is 5.51. The number of hydrogen-bond donors (Lipinski definition) is 0. The highest BCUT2D eigenvalue weighted by Gasteiger charge is 2.45. The van der Waals surface area contributed by atoms with Crippen LogP contribution in [0.4, 0.5) is 13.2 Å². The standard InChI is InChI=1S/C22H24F3NO4S/c1-5-31(28,29)17-8-6-16(7-9-17)12-26-14(3)21(15(4)30-26)18-11-19(22(23,24)25)20(27)10-13(18)2/h6-11,15,19H,5,12H2,1-4H3. The van der Waals surface area contributed by atoms with Crippen LogP contribution < -0.4 is 0 Å². The highest BCUT2D eigenvalue weighted by Crippen LogP contribution is 2.40. The number of nitrogens with zero attached hydrogens (tertiary/aromatic N) is 1. The fourth-order valence-corrected chi connectivity index (χ4v) is 4.66. The van der Waals surface area contributed by atoms with Crippen molar-refractivity contribution in [3.05, 3.63) is 64.4 Å². The van der Waals surface area contributed by atoms with Gasteiger partial charge in [-0.2, -0.15) is 13.2 Å².